The zero-order chi connectivity index (χ0) is 28.8. The number of hydrogen-bond donors (Lipinski definition) is 4. The molecule has 0 aliphatic heterocycles. The van der Waals surface area contributed by atoms with Gasteiger partial charge in [-0.15, -0.1) is 11.8 Å². The van der Waals surface area contributed by atoms with Crippen molar-refractivity contribution in [1.82, 2.24) is 4.98 Å². The summed E-state index contributed by atoms with van der Waals surface area (Å²) in [5.74, 6) is -2.90. The average Bonchev–Trinajstić information content (AvgIpc) is 3.33. The molecule has 0 radical (unpaired) electrons. The second-order valence-electron chi connectivity index (χ2n) is 8.44. The summed E-state index contributed by atoms with van der Waals surface area (Å²) in [5, 5.41) is 24.2. The van der Waals surface area contributed by atoms with Crippen molar-refractivity contribution in [1.29, 1.82) is 0 Å². The van der Waals surface area contributed by atoms with Gasteiger partial charge < -0.3 is 25.6 Å². The normalized spacial score (nSPS) is 11.6. The zero-order valence-corrected chi connectivity index (χ0v) is 23.1. The van der Waals surface area contributed by atoms with E-state index >= 15 is 0 Å². The number of rotatable bonds is 11. The van der Waals surface area contributed by atoms with E-state index in [0.29, 0.717) is 28.7 Å². The number of fused-ring (bicyclic) bond motifs is 1. The van der Waals surface area contributed by atoms with Gasteiger partial charge in [0.1, 0.15) is 5.75 Å². The number of carbonyl (C=O) groups excluding carboxylic acids is 2. The number of thioether (sulfide) groups is 1. The highest BCUT2D eigenvalue weighted by Gasteiger charge is 2.21. The molecule has 1 atom stereocenters. The lowest BCUT2D eigenvalue weighted by Crippen LogP contribution is -2.24. The highest BCUT2D eigenvalue weighted by atomic mass is 32.2. The monoisotopic (exact) mass is 579 g/mol. The first-order valence-electron chi connectivity index (χ1n) is 12.2. The van der Waals surface area contributed by atoms with Crippen molar-refractivity contribution < 1.29 is 34.1 Å². The number of aromatic carboxylic acids is 2. The van der Waals surface area contributed by atoms with Crippen LogP contribution in [0.2, 0.25) is 0 Å². The Morgan fingerprint density at radius 2 is 1.75 bits per heavy atom. The number of anilines is 2. The molecular weight excluding hydrogens is 554 g/mol. The number of benzene rings is 3. The van der Waals surface area contributed by atoms with Crippen LogP contribution in [0.5, 0.6) is 5.75 Å². The molecule has 0 aliphatic carbocycles. The smallest absolute Gasteiger partial charge is 0.336 e. The van der Waals surface area contributed by atoms with Crippen LogP contribution in [0.15, 0.2) is 65.6 Å². The average molecular weight is 580 g/mol. The number of nitrogens with one attached hydrogen (secondary N) is 2. The Labute approximate surface area is 237 Å². The highest BCUT2D eigenvalue weighted by molar-refractivity contribution is 8.00. The number of carboxylic acids is 2. The molecule has 0 spiro atoms. The Bertz CT molecular complexity index is 1600. The van der Waals surface area contributed by atoms with Gasteiger partial charge in [-0.25, -0.2) is 14.6 Å². The first-order valence-corrected chi connectivity index (χ1v) is 13.9. The van der Waals surface area contributed by atoms with E-state index in [4.69, 9.17) is 9.84 Å². The van der Waals surface area contributed by atoms with E-state index in [0.717, 1.165) is 28.1 Å². The molecule has 4 rings (SSSR count). The summed E-state index contributed by atoms with van der Waals surface area (Å²) in [5.41, 5.74) is 0.314. The lowest BCUT2D eigenvalue weighted by atomic mass is 10.0. The van der Waals surface area contributed by atoms with Gasteiger partial charge >= 0.3 is 11.9 Å². The standard InChI is InChI=1S/C28H25N3O7S2/c1-3-22(25(33)31-28-30-21-11-9-17(38-4-2)14-23(21)40-28)39-18-7-5-6-16(13-18)29-24(32)19-10-8-15(26(34)35)12-20(19)27(36)37/h5-14,22H,3-4H2,1-2H3,(H,29,32)(H,34,35)(H,36,37)(H,30,31,33). The van der Waals surface area contributed by atoms with Gasteiger partial charge in [0.05, 0.1) is 38.8 Å². The fourth-order valence-electron chi connectivity index (χ4n) is 3.79. The molecule has 0 saturated heterocycles. The lowest BCUT2D eigenvalue weighted by molar-refractivity contribution is -0.115. The predicted octanol–water partition coefficient (Wildman–Crippen LogP) is 5.85. The van der Waals surface area contributed by atoms with E-state index in [1.807, 2.05) is 32.0 Å². The van der Waals surface area contributed by atoms with Crippen molar-refractivity contribution in [2.24, 2.45) is 0 Å². The molecule has 10 nitrogen and oxygen atoms in total. The third-order valence-electron chi connectivity index (χ3n) is 5.68. The molecule has 0 saturated carbocycles. The molecule has 0 aliphatic rings. The van der Waals surface area contributed by atoms with Crippen LogP contribution in [0.25, 0.3) is 10.2 Å². The van der Waals surface area contributed by atoms with Crippen molar-refractivity contribution in [2.75, 3.05) is 17.2 Å². The third kappa shape index (κ3) is 6.77. The number of hydrogen-bond acceptors (Lipinski definition) is 8. The summed E-state index contributed by atoms with van der Waals surface area (Å²) < 4.78 is 6.43. The van der Waals surface area contributed by atoms with Crippen LogP contribution in [0.4, 0.5) is 10.8 Å². The second-order valence-corrected chi connectivity index (χ2v) is 10.7. The van der Waals surface area contributed by atoms with Crippen molar-refractivity contribution in [3.05, 3.63) is 77.4 Å². The lowest BCUT2D eigenvalue weighted by Gasteiger charge is -2.14. The molecule has 12 heteroatoms. The van der Waals surface area contributed by atoms with E-state index in [1.165, 1.54) is 29.2 Å². The summed E-state index contributed by atoms with van der Waals surface area (Å²) in [6.07, 6.45) is 0.532. The summed E-state index contributed by atoms with van der Waals surface area (Å²) >= 11 is 2.67. The molecule has 4 aromatic rings. The molecule has 1 unspecified atom stereocenters. The molecule has 3 aromatic carbocycles. The Kier molecular flexibility index (Phi) is 9.02. The summed E-state index contributed by atoms with van der Waals surface area (Å²) in [7, 11) is 0. The van der Waals surface area contributed by atoms with Crippen molar-refractivity contribution >= 4 is 67.9 Å². The zero-order valence-electron chi connectivity index (χ0n) is 21.5. The van der Waals surface area contributed by atoms with Crippen LogP contribution >= 0.6 is 23.1 Å². The van der Waals surface area contributed by atoms with Crippen molar-refractivity contribution in [2.45, 2.75) is 30.4 Å². The first kappa shape index (κ1) is 28.6. The Hall–Kier alpha value is -4.42. The molecular formula is C28H25N3O7S2. The largest absolute Gasteiger partial charge is 0.494 e. The van der Waals surface area contributed by atoms with Crippen LogP contribution in [-0.4, -0.2) is 50.8 Å². The number of ether oxygens (including phenoxy) is 1. The summed E-state index contributed by atoms with van der Waals surface area (Å²) in [6.45, 7) is 4.35. The van der Waals surface area contributed by atoms with Gasteiger partial charge in [0.2, 0.25) is 5.91 Å². The molecule has 0 fully saturated rings. The minimum atomic E-state index is -1.42. The Balaban J connectivity index is 1.45. The van der Waals surface area contributed by atoms with Gasteiger partial charge in [-0.2, -0.15) is 0 Å². The SMILES string of the molecule is CCOc1ccc2nc(NC(=O)C(CC)Sc3cccc(NC(=O)c4ccc(C(=O)O)cc4C(=O)O)c3)sc2c1. The Morgan fingerprint density at radius 1 is 0.950 bits per heavy atom. The van der Waals surface area contributed by atoms with Crippen molar-refractivity contribution in [3.63, 3.8) is 0 Å². The number of amides is 2. The van der Waals surface area contributed by atoms with Gasteiger partial charge in [0.15, 0.2) is 5.13 Å². The topological polar surface area (TPSA) is 155 Å². The number of aromatic nitrogens is 1. The molecule has 206 valence electrons. The maximum atomic E-state index is 13.1. The maximum absolute atomic E-state index is 13.1. The van der Waals surface area contributed by atoms with E-state index in [-0.39, 0.29) is 17.0 Å². The van der Waals surface area contributed by atoms with Crippen LogP contribution < -0.4 is 15.4 Å². The van der Waals surface area contributed by atoms with Gasteiger partial charge in [0.25, 0.3) is 5.91 Å². The Morgan fingerprint density at radius 3 is 2.45 bits per heavy atom. The first-order chi connectivity index (χ1) is 19.2. The number of nitrogens with zero attached hydrogens (tertiary/aromatic N) is 1. The molecule has 2 amide bonds. The van der Waals surface area contributed by atoms with Crippen LogP contribution in [-0.2, 0) is 4.79 Å². The minimum Gasteiger partial charge on any atom is -0.494 e. The van der Waals surface area contributed by atoms with E-state index in [2.05, 4.69) is 15.6 Å². The van der Waals surface area contributed by atoms with E-state index in [9.17, 15) is 24.3 Å². The second kappa shape index (κ2) is 12.6. The predicted molar refractivity (Wildman–Crippen MR) is 154 cm³/mol. The van der Waals surface area contributed by atoms with Gasteiger partial charge in [-0.1, -0.05) is 24.3 Å². The van der Waals surface area contributed by atoms with Crippen molar-refractivity contribution in [3.8, 4) is 5.75 Å². The highest BCUT2D eigenvalue weighted by Crippen LogP contribution is 2.32. The molecule has 0 bridgehead atoms. The molecule has 1 aromatic heterocycles. The van der Waals surface area contributed by atoms with Crippen LogP contribution in [0, 0.1) is 0 Å². The number of thiazole rings is 1. The van der Waals surface area contributed by atoms with Crippen LogP contribution in [0.1, 0.15) is 51.3 Å². The molecule has 1 heterocycles. The summed E-state index contributed by atoms with van der Waals surface area (Å²) in [6, 6.07) is 15.7. The van der Waals surface area contributed by atoms with Gasteiger partial charge in [-0.3, -0.25) is 9.59 Å². The van der Waals surface area contributed by atoms with E-state index < -0.39 is 28.7 Å². The van der Waals surface area contributed by atoms with E-state index in [1.54, 1.807) is 24.3 Å². The third-order valence-corrected chi connectivity index (χ3v) is 7.97. The van der Waals surface area contributed by atoms with Gasteiger partial charge in [-0.05, 0) is 67.9 Å². The maximum Gasteiger partial charge on any atom is 0.336 e. The molecule has 40 heavy (non-hydrogen) atoms. The number of carbonyl (C=O) groups is 4. The molecule has 4 N–H and O–H groups in total. The van der Waals surface area contributed by atoms with Crippen LogP contribution in [0.3, 0.4) is 0 Å². The minimum absolute atomic E-state index is 0.175. The quantitative estimate of drug-likeness (QED) is 0.160. The summed E-state index contributed by atoms with van der Waals surface area (Å²) in [4.78, 5) is 53.9. The number of carboxylic acid groups (broad SMARTS) is 2. The fourth-order valence-corrected chi connectivity index (χ4v) is 5.70. The van der Waals surface area contributed by atoms with Gasteiger partial charge in [0, 0.05) is 10.6 Å². The fraction of sp³-hybridized carbons (Fsp3) is 0.179.